The van der Waals surface area contributed by atoms with E-state index in [1.165, 1.54) is 0 Å². The largest absolute Gasteiger partial charge is 0.335 e. The molecule has 1 amide bonds. The van der Waals surface area contributed by atoms with Crippen LogP contribution in [-0.2, 0) is 4.79 Å². The van der Waals surface area contributed by atoms with Gasteiger partial charge < -0.3 is 4.90 Å². The monoisotopic (exact) mass is 111 g/mol. The van der Waals surface area contributed by atoms with E-state index in [1.807, 2.05) is 0 Å². The summed E-state index contributed by atoms with van der Waals surface area (Å²) < 4.78 is 0. The Labute approximate surface area is 48.8 Å². The summed E-state index contributed by atoms with van der Waals surface area (Å²) in [5, 5.41) is 0. The molecule has 2 nitrogen and oxygen atoms in total. The molecule has 1 aliphatic heterocycles. The fraction of sp³-hybridized carbons (Fsp3) is 0.500. The van der Waals surface area contributed by atoms with Crippen molar-refractivity contribution >= 4 is 5.91 Å². The lowest BCUT2D eigenvalue weighted by atomic mass is 10.1. The molecular formula is C6H9NO. The second kappa shape index (κ2) is 1.62. The Morgan fingerprint density at radius 1 is 1.75 bits per heavy atom. The van der Waals surface area contributed by atoms with Crippen LogP contribution < -0.4 is 0 Å². The third-order valence-electron chi connectivity index (χ3n) is 1.27. The smallest absolute Gasteiger partial charge is 0.220 e. The van der Waals surface area contributed by atoms with Gasteiger partial charge in [0, 0.05) is 20.0 Å². The second-order valence-corrected chi connectivity index (χ2v) is 2.13. The zero-order valence-electron chi connectivity index (χ0n) is 4.98. The molecule has 0 bridgehead atoms. The minimum atomic E-state index is 0.150. The van der Waals surface area contributed by atoms with Crippen molar-refractivity contribution in [1.29, 1.82) is 0 Å². The van der Waals surface area contributed by atoms with Crippen LogP contribution in [-0.4, -0.2) is 23.9 Å². The molecule has 0 aromatic heterocycles. The molecule has 0 radical (unpaired) electrons. The molecule has 0 unspecified atom stereocenters. The maximum atomic E-state index is 10.5. The van der Waals surface area contributed by atoms with Gasteiger partial charge in [0.05, 0.1) is 0 Å². The van der Waals surface area contributed by atoms with Gasteiger partial charge in [-0.05, 0) is 5.57 Å². The predicted octanol–water partition coefficient (Wildman–Crippen LogP) is 0.405. The summed E-state index contributed by atoms with van der Waals surface area (Å²) in [6.45, 7) is 6.82. The van der Waals surface area contributed by atoms with Gasteiger partial charge in [0.2, 0.25) is 5.91 Å². The highest BCUT2D eigenvalue weighted by Gasteiger charge is 2.19. The van der Waals surface area contributed by atoms with Gasteiger partial charge >= 0.3 is 0 Å². The van der Waals surface area contributed by atoms with Crippen LogP contribution in [0.4, 0.5) is 0 Å². The quantitative estimate of drug-likeness (QED) is 0.414. The third kappa shape index (κ3) is 0.735. The molecule has 0 aromatic rings. The van der Waals surface area contributed by atoms with Gasteiger partial charge in [-0.15, -0.1) is 0 Å². The van der Waals surface area contributed by atoms with Gasteiger partial charge in [-0.1, -0.05) is 6.58 Å². The molecule has 8 heavy (non-hydrogen) atoms. The van der Waals surface area contributed by atoms with Crippen molar-refractivity contribution in [2.24, 2.45) is 0 Å². The highest BCUT2D eigenvalue weighted by molar-refractivity contribution is 5.75. The average molecular weight is 111 g/mol. The van der Waals surface area contributed by atoms with Crippen LogP contribution in [0, 0.1) is 0 Å². The first-order chi connectivity index (χ1) is 3.70. The van der Waals surface area contributed by atoms with Crippen LogP contribution in [0.25, 0.3) is 0 Å². The van der Waals surface area contributed by atoms with Crippen molar-refractivity contribution in [2.45, 2.75) is 6.92 Å². The second-order valence-electron chi connectivity index (χ2n) is 2.13. The van der Waals surface area contributed by atoms with E-state index in [4.69, 9.17) is 0 Å². The van der Waals surface area contributed by atoms with Gasteiger partial charge in [-0.25, -0.2) is 0 Å². The molecule has 1 saturated heterocycles. The molecule has 1 fully saturated rings. The minimum Gasteiger partial charge on any atom is -0.335 e. The van der Waals surface area contributed by atoms with Crippen molar-refractivity contribution in [3.05, 3.63) is 12.2 Å². The van der Waals surface area contributed by atoms with E-state index in [0.29, 0.717) is 0 Å². The average Bonchev–Trinajstić information content (AvgIpc) is 1.57. The van der Waals surface area contributed by atoms with Crippen LogP contribution in [0.15, 0.2) is 12.2 Å². The lowest BCUT2D eigenvalue weighted by molar-refractivity contribution is -0.130. The summed E-state index contributed by atoms with van der Waals surface area (Å²) in [5.41, 5.74) is 1.15. The Morgan fingerprint density at radius 2 is 2.25 bits per heavy atom. The Balaban J connectivity index is 2.35. The first-order valence-corrected chi connectivity index (χ1v) is 2.62. The standard InChI is InChI=1S/C6H9NO/c1-5-3-7(4-5)6(2)8/h1,3-4H2,2H3. The Kier molecular flexibility index (Phi) is 1.08. The normalized spacial score (nSPS) is 18.1. The molecule has 0 atom stereocenters. The third-order valence-corrected chi connectivity index (χ3v) is 1.27. The number of carbonyl (C=O) groups is 1. The van der Waals surface area contributed by atoms with Gasteiger partial charge in [0.1, 0.15) is 0 Å². The zero-order chi connectivity index (χ0) is 6.15. The topological polar surface area (TPSA) is 20.3 Å². The van der Waals surface area contributed by atoms with Gasteiger partial charge in [-0.3, -0.25) is 4.79 Å². The summed E-state index contributed by atoms with van der Waals surface area (Å²) in [7, 11) is 0. The van der Waals surface area contributed by atoms with Gasteiger partial charge in [0.25, 0.3) is 0 Å². The first kappa shape index (κ1) is 5.35. The summed E-state index contributed by atoms with van der Waals surface area (Å²) in [5.74, 6) is 0.150. The lowest BCUT2D eigenvalue weighted by Crippen LogP contribution is -2.42. The molecule has 1 aliphatic rings. The van der Waals surface area contributed by atoms with Crippen LogP contribution in [0.2, 0.25) is 0 Å². The maximum Gasteiger partial charge on any atom is 0.220 e. The van der Waals surface area contributed by atoms with Crippen LogP contribution in [0.1, 0.15) is 6.92 Å². The maximum absolute atomic E-state index is 10.5. The van der Waals surface area contributed by atoms with E-state index in [2.05, 4.69) is 6.58 Å². The van der Waals surface area contributed by atoms with Crippen molar-refractivity contribution < 1.29 is 4.79 Å². The molecule has 1 rings (SSSR count). The molecule has 0 aliphatic carbocycles. The minimum absolute atomic E-state index is 0.150. The fourth-order valence-corrected chi connectivity index (χ4v) is 0.716. The summed E-state index contributed by atoms with van der Waals surface area (Å²) in [4.78, 5) is 12.2. The van der Waals surface area contributed by atoms with Crippen LogP contribution in [0.5, 0.6) is 0 Å². The highest BCUT2D eigenvalue weighted by atomic mass is 16.2. The predicted molar refractivity (Wildman–Crippen MR) is 31.4 cm³/mol. The summed E-state index contributed by atoms with van der Waals surface area (Å²) >= 11 is 0. The molecule has 0 spiro atoms. The molecule has 2 heteroatoms. The molecule has 0 N–H and O–H groups in total. The zero-order valence-corrected chi connectivity index (χ0v) is 4.98. The van der Waals surface area contributed by atoms with Crippen LogP contribution in [0.3, 0.4) is 0 Å². The van der Waals surface area contributed by atoms with Gasteiger partial charge in [0.15, 0.2) is 0 Å². The Bertz CT molecular complexity index is 131. The lowest BCUT2D eigenvalue weighted by Gasteiger charge is -2.31. The number of likely N-dealkylation sites (tertiary alicyclic amines) is 1. The number of amides is 1. The summed E-state index contributed by atoms with van der Waals surface area (Å²) in [6.07, 6.45) is 0. The molecule has 0 aromatic carbocycles. The molecule has 44 valence electrons. The summed E-state index contributed by atoms with van der Waals surface area (Å²) in [6, 6.07) is 0. The van der Waals surface area contributed by atoms with E-state index in [-0.39, 0.29) is 5.91 Å². The van der Waals surface area contributed by atoms with Crippen molar-refractivity contribution in [1.82, 2.24) is 4.90 Å². The Morgan fingerprint density at radius 3 is 2.38 bits per heavy atom. The van der Waals surface area contributed by atoms with Crippen LogP contribution >= 0.6 is 0 Å². The number of nitrogens with zero attached hydrogens (tertiary/aromatic N) is 1. The van der Waals surface area contributed by atoms with Crippen molar-refractivity contribution in [3.8, 4) is 0 Å². The number of carbonyl (C=O) groups excluding carboxylic acids is 1. The van der Waals surface area contributed by atoms with E-state index < -0.39 is 0 Å². The molecular weight excluding hydrogens is 102 g/mol. The van der Waals surface area contributed by atoms with E-state index >= 15 is 0 Å². The number of hydrogen-bond acceptors (Lipinski definition) is 1. The van der Waals surface area contributed by atoms with E-state index in [0.717, 1.165) is 18.7 Å². The SMILES string of the molecule is C=C1CN(C(C)=O)C1. The Hall–Kier alpha value is -0.790. The van der Waals surface area contributed by atoms with Crippen molar-refractivity contribution in [3.63, 3.8) is 0 Å². The first-order valence-electron chi connectivity index (χ1n) is 2.62. The molecule has 0 saturated carbocycles. The number of rotatable bonds is 0. The highest BCUT2D eigenvalue weighted by Crippen LogP contribution is 2.10. The fourth-order valence-electron chi connectivity index (χ4n) is 0.716. The van der Waals surface area contributed by atoms with E-state index in [1.54, 1.807) is 11.8 Å². The van der Waals surface area contributed by atoms with E-state index in [9.17, 15) is 4.79 Å². The number of hydrogen-bond donors (Lipinski definition) is 0. The van der Waals surface area contributed by atoms with Crippen molar-refractivity contribution in [2.75, 3.05) is 13.1 Å². The molecule has 1 heterocycles. The van der Waals surface area contributed by atoms with Gasteiger partial charge in [-0.2, -0.15) is 0 Å².